The molecular weight excluding hydrogens is 390 g/mol. The highest BCUT2D eigenvalue weighted by Crippen LogP contribution is 2.46. The lowest BCUT2D eigenvalue weighted by molar-refractivity contribution is -0.139. The van der Waals surface area contributed by atoms with Gasteiger partial charge in [0.15, 0.2) is 5.78 Å². The van der Waals surface area contributed by atoms with Crippen molar-refractivity contribution in [2.24, 2.45) is 0 Å². The van der Waals surface area contributed by atoms with E-state index in [1.165, 1.54) is 0 Å². The minimum atomic E-state index is -0.558. The molecule has 0 spiro atoms. The molecule has 0 unspecified atom stereocenters. The molecule has 0 saturated heterocycles. The number of hydrogen-bond acceptors (Lipinski definition) is 5. The van der Waals surface area contributed by atoms with E-state index in [0.29, 0.717) is 48.3 Å². The number of carbonyl (C=O) groups excluding carboxylic acids is 2. The molecule has 5 nitrogen and oxygen atoms in total. The second-order valence-electron chi connectivity index (χ2n) is 8.16. The number of Topliss-reactive ketones (excluding diaryl/α,β-unsaturated/α-hetero) is 1. The standard InChI is InChI=1S/C26H27NO4/c1-3-12-31-26(30)23-16(2)27-21-14-19(17-8-5-4-6-9-17)15-22(29)25(21)24(23)18-10-7-11-20(28)13-18/h4-11,13,19,24,27-28H,3,12,14-15H2,1-2H3/t19-,24-/m0/s1. The molecule has 2 atom stereocenters. The maximum atomic E-state index is 13.4. The largest absolute Gasteiger partial charge is 0.508 e. The van der Waals surface area contributed by atoms with Crippen molar-refractivity contribution < 1.29 is 19.4 Å². The van der Waals surface area contributed by atoms with E-state index in [4.69, 9.17) is 4.74 Å². The third-order valence-electron chi connectivity index (χ3n) is 5.96. The van der Waals surface area contributed by atoms with Gasteiger partial charge in [0.1, 0.15) is 5.75 Å². The van der Waals surface area contributed by atoms with E-state index in [-0.39, 0.29) is 17.5 Å². The number of phenols is 1. The number of benzene rings is 2. The van der Waals surface area contributed by atoms with Crippen LogP contribution in [0.15, 0.2) is 77.1 Å². The van der Waals surface area contributed by atoms with Crippen molar-refractivity contribution in [3.63, 3.8) is 0 Å². The normalized spacial score (nSPS) is 20.9. The van der Waals surface area contributed by atoms with Gasteiger partial charge in [-0.15, -0.1) is 0 Å². The summed E-state index contributed by atoms with van der Waals surface area (Å²) in [5.74, 6) is -0.778. The highest BCUT2D eigenvalue weighted by Gasteiger charge is 2.41. The number of allylic oxidation sites excluding steroid dienone is 3. The number of ether oxygens (including phenoxy) is 1. The Morgan fingerprint density at radius 3 is 2.55 bits per heavy atom. The smallest absolute Gasteiger partial charge is 0.336 e. The summed E-state index contributed by atoms with van der Waals surface area (Å²) in [6.07, 6.45) is 1.79. The fraction of sp³-hybridized carbons (Fsp3) is 0.308. The van der Waals surface area contributed by atoms with E-state index in [2.05, 4.69) is 17.4 Å². The van der Waals surface area contributed by atoms with E-state index in [9.17, 15) is 14.7 Å². The number of hydrogen-bond donors (Lipinski definition) is 2. The predicted molar refractivity (Wildman–Crippen MR) is 118 cm³/mol. The minimum absolute atomic E-state index is 0.0178. The van der Waals surface area contributed by atoms with Crippen LogP contribution in [-0.4, -0.2) is 23.5 Å². The molecular formula is C26H27NO4. The van der Waals surface area contributed by atoms with Crippen LogP contribution in [0.25, 0.3) is 0 Å². The topological polar surface area (TPSA) is 75.6 Å². The fourth-order valence-corrected chi connectivity index (χ4v) is 4.58. The van der Waals surface area contributed by atoms with E-state index in [0.717, 1.165) is 11.3 Å². The minimum Gasteiger partial charge on any atom is -0.508 e. The number of carbonyl (C=O) groups is 2. The van der Waals surface area contributed by atoms with Gasteiger partial charge in [0.2, 0.25) is 0 Å². The van der Waals surface area contributed by atoms with Crippen molar-refractivity contribution in [3.8, 4) is 5.75 Å². The van der Waals surface area contributed by atoms with Crippen LogP contribution in [-0.2, 0) is 14.3 Å². The summed E-state index contributed by atoms with van der Waals surface area (Å²) < 4.78 is 5.46. The number of nitrogens with one attached hydrogen (secondary N) is 1. The molecule has 2 aromatic carbocycles. The lowest BCUT2D eigenvalue weighted by Gasteiger charge is -2.36. The number of esters is 1. The molecule has 5 heteroatoms. The Morgan fingerprint density at radius 2 is 1.84 bits per heavy atom. The second kappa shape index (κ2) is 8.80. The van der Waals surface area contributed by atoms with Gasteiger partial charge >= 0.3 is 5.97 Å². The lowest BCUT2D eigenvalue weighted by Crippen LogP contribution is -2.36. The van der Waals surface area contributed by atoms with Crippen LogP contribution in [0.5, 0.6) is 5.75 Å². The average molecular weight is 418 g/mol. The van der Waals surface area contributed by atoms with Crippen molar-refractivity contribution in [3.05, 3.63) is 88.3 Å². The zero-order valence-electron chi connectivity index (χ0n) is 17.9. The van der Waals surface area contributed by atoms with Gasteiger partial charge in [0, 0.05) is 29.3 Å². The molecule has 2 N–H and O–H groups in total. The highest BCUT2D eigenvalue weighted by atomic mass is 16.5. The van der Waals surface area contributed by atoms with E-state index < -0.39 is 11.9 Å². The van der Waals surface area contributed by atoms with Crippen LogP contribution in [0.2, 0.25) is 0 Å². The number of phenolic OH excluding ortho intramolecular Hbond substituents is 1. The van der Waals surface area contributed by atoms with Gasteiger partial charge in [0.05, 0.1) is 12.2 Å². The van der Waals surface area contributed by atoms with Gasteiger partial charge in [-0.3, -0.25) is 4.79 Å². The quantitative estimate of drug-likeness (QED) is 0.690. The summed E-state index contributed by atoms with van der Waals surface area (Å²) in [5, 5.41) is 13.4. The van der Waals surface area contributed by atoms with Crippen molar-refractivity contribution >= 4 is 11.8 Å². The van der Waals surface area contributed by atoms with E-state index in [1.807, 2.05) is 38.1 Å². The maximum Gasteiger partial charge on any atom is 0.336 e. The Hall–Kier alpha value is -3.34. The zero-order valence-corrected chi connectivity index (χ0v) is 17.9. The van der Waals surface area contributed by atoms with Crippen molar-refractivity contribution in [1.82, 2.24) is 5.32 Å². The van der Waals surface area contributed by atoms with Crippen LogP contribution >= 0.6 is 0 Å². The predicted octanol–water partition coefficient (Wildman–Crippen LogP) is 4.71. The van der Waals surface area contributed by atoms with Crippen molar-refractivity contribution in [2.45, 2.75) is 44.9 Å². The Bertz CT molecular complexity index is 1070. The van der Waals surface area contributed by atoms with E-state index >= 15 is 0 Å². The molecule has 31 heavy (non-hydrogen) atoms. The SMILES string of the molecule is CCCOC(=O)C1=C(C)NC2=C(C(=O)C[C@@H](c3ccccc3)C2)[C@H]1c1cccc(O)c1. The first-order valence-electron chi connectivity index (χ1n) is 10.7. The molecule has 0 fully saturated rings. The molecule has 0 amide bonds. The highest BCUT2D eigenvalue weighted by molar-refractivity contribution is 6.04. The average Bonchev–Trinajstić information content (AvgIpc) is 2.77. The first-order valence-corrected chi connectivity index (χ1v) is 10.7. The summed E-state index contributed by atoms with van der Waals surface area (Å²) in [6, 6.07) is 16.8. The maximum absolute atomic E-state index is 13.4. The lowest BCUT2D eigenvalue weighted by atomic mass is 9.71. The van der Waals surface area contributed by atoms with Crippen molar-refractivity contribution in [2.75, 3.05) is 6.61 Å². The first kappa shape index (κ1) is 20.9. The molecule has 160 valence electrons. The summed E-state index contributed by atoms with van der Waals surface area (Å²) in [5.41, 5.74) is 4.42. The van der Waals surface area contributed by atoms with Crippen molar-refractivity contribution in [1.29, 1.82) is 0 Å². The molecule has 0 radical (unpaired) electrons. The Kier molecular flexibility index (Phi) is 5.94. The summed E-state index contributed by atoms with van der Waals surface area (Å²) in [6.45, 7) is 4.10. The second-order valence-corrected chi connectivity index (χ2v) is 8.16. The summed E-state index contributed by atoms with van der Waals surface area (Å²) in [4.78, 5) is 26.4. The number of aromatic hydroxyl groups is 1. The third-order valence-corrected chi connectivity index (χ3v) is 5.96. The van der Waals surface area contributed by atoms with Crippen LogP contribution in [0, 0.1) is 0 Å². The molecule has 4 rings (SSSR count). The monoisotopic (exact) mass is 417 g/mol. The molecule has 1 aliphatic heterocycles. The Labute approximate surface area is 182 Å². The van der Waals surface area contributed by atoms with Crippen LogP contribution in [0.4, 0.5) is 0 Å². The molecule has 1 heterocycles. The van der Waals surface area contributed by atoms with Gasteiger partial charge in [-0.1, -0.05) is 49.4 Å². The molecule has 0 aromatic heterocycles. The van der Waals surface area contributed by atoms with Gasteiger partial charge < -0.3 is 15.2 Å². The molecule has 0 bridgehead atoms. The van der Waals surface area contributed by atoms with Crippen LogP contribution < -0.4 is 5.32 Å². The molecule has 2 aliphatic rings. The summed E-state index contributed by atoms with van der Waals surface area (Å²) in [7, 11) is 0. The number of rotatable bonds is 5. The molecule has 1 aliphatic carbocycles. The Balaban J connectivity index is 1.79. The van der Waals surface area contributed by atoms with E-state index in [1.54, 1.807) is 18.2 Å². The van der Waals surface area contributed by atoms with Gasteiger partial charge in [0.25, 0.3) is 0 Å². The van der Waals surface area contributed by atoms with Gasteiger partial charge in [-0.05, 0) is 48.9 Å². The van der Waals surface area contributed by atoms with Gasteiger partial charge in [-0.25, -0.2) is 4.79 Å². The number of dihydropyridines is 1. The first-order chi connectivity index (χ1) is 15.0. The Morgan fingerprint density at radius 1 is 1.10 bits per heavy atom. The zero-order chi connectivity index (χ0) is 22.0. The van der Waals surface area contributed by atoms with Gasteiger partial charge in [-0.2, -0.15) is 0 Å². The number of ketones is 1. The fourth-order valence-electron chi connectivity index (χ4n) is 4.58. The third kappa shape index (κ3) is 4.13. The molecule has 2 aromatic rings. The van der Waals surface area contributed by atoms with Crippen LogP contribution in [0.1, 0.15) is 56.1 Å². The molecule has 0 saturated carbocycles. The summed E-state index contributed by atoms with van der Waals surface area (Å²) >= 11 is 0. The van der Waals surface area contributed by atoms with Crippen LogP contribution in [0.3, 0.4) is 0 Å².